The molecule has 2 rings (SSSR count). The number of quaternary nitrogens is 1. The summed E-state index contributed by atoms with van der Waals surface area (Å²) < 4.78 is 1.06. The van der Waals surface area contributed by atoms with E-state index in [0.29, 0.717) is 5.54 Å². The van der Waals surface area contributed by atoms with E-state index in [-0.39, 0.29) is 0 Å². The Morgan fingerprint density at radius 3 is 2.50 bits per heavy atom. The van der Waals surface area contributed by atoms with E-state index in [4.69, 9.17) is 12.2 Å². The van der Waals surface area contributed by atoms with Crippen molar-refractivity contribution in [1.82, 2.24) is 10.2 Å². The minimum atomic E-state index is 0.489. The smallest absolute Gasteiger partial charge is 0.270 e. The summed E-state index contributed by atoms with van der Waals surface area (Å²) in [5, 5.41) is 4.32. The Bertz CT molecular complexity index is 321. The monoisotopic (exact) mass is 270 g/mol. The Kier molecular flexibility index (Phi) is 4.00. The summed E-state index contributed by atoms with van der Waals surface area (Å²) in [5.74, 6) is 0.912. The number of nitrogens with zero attached hydrogens (tertiary/aromatic N) is 2. The lowest BCUT2D eigenvalue weighted by atomic mass is 9.82. The fourth-order valence-corrected chi connectivity index (χ4v) is 3.99. The molecule has 1 unspecified atom stereocenters. The molecule has 3 nitrogen and oxygen atoms in total. The Morgan fingerprint density at radius 1 is 1.39 bits per heavy atom. The van der Waals surface area contributed by atoms with E-state index in [2.05, 4.69) is 31.2 Å². The van der Waals surface area contributed by atoms with Crippen molar-refractivity contribution in [2.45, 2.75) is 38.1 Å². The van der Waals surface area contributed by atoms with Gasteiger partial charge >= 0.3 is 0 Å². The zero-order valence-electron chi connectivity index (χ0n) is 12.3. The molecular weight excluding hydrogens is 242 g/mol. The van der Waals surface area contributed by atoms with Gasteiger partial charge in [0.2, 0.25) is 0 Å². The van der Waals surface area contributed by atoms with Gasteiger partial charge in [0.25, 0.3) is 5.11 Å². The molecule has 4 heteroatoms. The second-order valence-corrected chi connectivity index (χ2v) is 7.00. The van der Waals surface area contributed by atoms with Crippen molar-refractivity contribution in [2.24, 2.45) is 5.92 Å². The Morgan fingerprint density at radius 2 is 2.00 bits per heavy atom. The van der Waals surface area contributed by atoms with Gasteiger partial charge in [-0.15, -0.1) is 0 Å². The maximum Gasteiger partial charge on any atom is 0.270 e. The first-order valence-corrected chi connectivity index (χ1v) is 7.61. The standard InChI is InChI=1S/C14H27N3S/c1-12-5-7-14(8-6-12)11-17(14,13(18)15-2)10-9-16(3)4/h12H,5-11H2,1-4H3/p+1. The average Bonchev–Trinajstić information content (AvgIpc) is 2.99. The second kappa shape index (κ2) is 5.06. The molecule has 18 heavy (non-hydrogen) atoms. The minimum absolute atomic E-state index is 0.489. The van der Waals surface area contributed by atoms with Crippen molar-refractivity contribution in [2.75, 3.05) is 40.8 Å². The van der Waals surface area contributed by atoms with Crippen molar-refractivity contribution in [3.63, 3.8) is 0 Å². The highest BCUT2D eigenvalue weighted by molar-refractivity contribution is 7.79. The summed E-state index contributed by atoms with van der Waals surface area (Å²) in [6, 6.07) is 0. The molecule has 0 amide bonds. The van der Waals surface area contributed by atoms with Gasteiger partial charge in [-0.05, 0) is 32.9 Å². The van der Waals surface area contributed by atoms with E-state index in [1.807, 2.05) is 7.05 Å². The maximum absolute atomic E-state index is 5.63. The van der Waals surface area contributed by atoms with Crippen LogP contribution in [0.4, 0.5) is 0 Å². The quantitative estimate of drug-likeness (QED) is 0.478. The molecule has 1 saturated heterocycles. The summed E-state index contributed by atoms with van der Waals surface area (Å²) in [7, 11) is 6.28. The highest BCUT2D eigenvalue weighted by Gasteiger charge is 2.71. The highest BCUT2D eigenvalue weighted by Crippen LogP contribution is 2.53. The number of thiocarbonyl (C=S) groups is 1. The van der Waals surface area contributed by atoms with Crippen LogP contribution in [0.15, 0.2) is 0 Å². The molecule has 1 atom stereocenters. The minimum Gasteiger partial charge on any atom is -0.334 e. The van der Waals surface area contributed by atoms with Crippen LogP contribution in [0.1, 0.15) is 32.6 Å². The van der Waals surface area contributed by atoms with E-state index >= 15 is 0 Å². The third-order valence-corrected chi connectivity index (χ3v) is 5.66. The third-order valence-electron chi connectivity index (χ3n) is 5.11. The molecule has 2 aliphatic rings. The summed E-state index contributed by atoms with van der Waals surface area (Å²) in [6.45, 7) is 5.95. The van der Waals surface area contributed by atoms with Crippen LogP contribution in [0.2, 0.25) is 0 Å². The Hall–Kier alpha value is -0.190. The lowest BCUT2D eigenvalue weighted by molar-refractivity contribution is -0.736. The van der Waals surface area contributed by atoms with Gasteiger partial charge in [0, 0.05) is 38.7 Å². The van der Waals surface area contributed by atoms with E-state index in [1.54, 1.807) is 0 Å². The first-order valence-electron chi connectivity index (χ1n) is 7.20. The molecule has 0 bridgehead atoms. The number of nitrogens with one attached hydrogen (secondary N) is 1. The van der Waals surface area contributed by atoms with Crippen molar-refractivity contribution < 1.29 is 4.48 Å². The van der Waals surface area contributed by atoms with E-state index < -0.39 is 0 Å². The zero-order valence-corrected chi connectivity index (χ0v) is 13.1. The third kappa shape index (κ3) is 2.30. The topological polar surface area (TPSA) is 15.3 Å². The van der Waals surface area contributed by atoms with Gasteiger partial charge in [0.15, 0.2) is 5.54 Å². The molecule has 1 saturated carbocycles. The van der Waals surface area contributed by atoms with E-state index in [1.165, 1.54) is 38.8 Å². The van der Waals surface area contributed by atoms with Gasteiger partial charge in [-0.2, -0.15) is 0 Å². The Labute approximate surface area is 117 Å². The molecule has 0 radical (unpaired) electrons. The van der Waals surface area contributed by atoms with E-state index in [9.17, 15) is 0 Å². The van der Waals surface area contributed by atoms with Gasteiger partial charge in [0.1, 0.15) is 6.54 Å². The molecule has 0 aromatic carbocycles. The molecule has 0 aromatic rings. The molecule has 2 fully saturated rings. The second-order valence-electron chi connectivity index (χ2n) is 6.61. The van der Waals surface area contributed by atoms with Gasteiger partial charge in [-0.1, -0.05) is 6.92 Å². The van der Waals surface area contributed by atoms with Gasteiger partial charge in [-0.25, -0.2) is 0 Å². The number of rotatable bonds is 3. The van der Waals surface area contributed by atoms with Crippen LogP contribution in [0.25, 0.3) is 0 Å². The fraction of sp³-hybridized carbons (Fsp3) is 0.929. The SMILES string of the molecule is CNC(=S)[N+]1(CCN(C)C)CC12CCC(C)CC2. The predicted octanol–water partition coefficient (Wildman–Crippen LogP) is 1.83. The average molecular weight is 270 g/mol. The van der Waals surface area contributed by atoms with Crippen LogP contribution < -0.4 is 5.32 Å². The number of hydrogen-bond acceptors (Lipinski definition) is 2. The molecule has 1 N–H and O–H groups in total. The normalized spacial score (nSPS) is 39.1. The van der Waals surface area contributed by atoms with Crippen molar-refractivity contribution in [3.8, 4) is 0 Å². The highest BCUT2D eigenvalue weighted by atomic mass is 32.1. The molecule has 1 spiro atoms. The molecule has 1 aliphatic heterocycles. The van der Waals surface area contributed by atoms with Crippen molar-refractivity contribution in [1.29, 1.82) is 0 Å². The van der Waals surface area contributed by atoms with Crippen LogP contribution in [-0.4, -0.2) is 60.8 Å². The molecule has 0 aromatic heterocycles. The van der Waals surface area contributed by atoms with Crippen molar-refractivity contribution in [3.05, 3.63) is 0 Å². The van der Waals surface area contributed by atoms with Gasteiger partial charge in [-0.3, -0.25) is 4.48 Å². The van der Waals surface area contributed by atoms with Crippen LogP contribution in [0.3, 0.4) is 0 Å². The first-order chi connectivity index (χ1) is 8.46. The van der Waals surface area contributed by atoms with Crippen LogP contribution >= 0.6 is 12.2 Å². The van der Waals surface area contributed by atoms with Crippen molar-refractivity contribution >= 4 is 17.3 Å². The lowest BCUT2D eigenvalue weighted by Crippen LogP contribution is -2.50. The summed E-state index contributed by atoms with van der Waals surface area (Å²) in [5.41, 5.74) is 0.489. The first kappa shape index (κ1) is 14.2. The van der Waals surface area contributed by atoms with Gasteiger partial charge in [0.05, 0.1) is 6.54 Å². The lowest BCUT2D eigenvalue weighted by Gasteiger charge is -2.31. The fourth-order valence-electron chi connectivity index (χ4n) is 3.64. The van der Waals surface area contributed by atoms with Crippen LogP contribution in [0.5, 0.6) is 0 Å². The summed E-state index contributed by atoms with van der Waals surface area (Å²) in [4.78, 5) is 2.27. The predicted molar refractivity (Wildman–Crippen MR) is 80.6 cm³/mol. The molecule has 1 aliphatic carbocycles. The molecular formula is C14H28N3S+. The summed E-state index contributed by atoms with van der Waals surface area (Å²) >= 11 is 5.63. The largest absolute Gasteiger partial charge is 0.334 e. The number of hydrogen-bond donors (Lipinski definition) is 1. The zero-order chi connectivity index (χ0) is 13.4. The molecule has 1 heterocycles. The molecule has 104 valence electrons. The Balaban J connectivity index is 2.07. The maximum atomic E-state index is 5.63. The van der Waals surface area contributed by atoms with Crippen LogP contribution in [-0.2, 0) is 0 Å². The van der Waals surface area contributed by atoms with E-state index in [0.717, 1.165) is 22.1 Å². The van der Waals surface area contributed by atoms with Gasteiger partial charge < -0.3 is 10.2 Å². The van der Waals surface area contributed by atoms with Crippen LogP contribution in [0, 0.1) is 5.92 Å². The number of likely N-dealkylation sites (N-methyl/N-ethyl adjacent to an activating group) is 1. The summed E-state index contributed by atoms with van der Waals surface area (Å²) in [6.07, 6.45) is 5.50.